The fraction of sp³-hybridized carbons (Fsp3) is 0.475. The van der Waals surface area contributed by atoms with Gasteiger partial charge in [-0.15, -0.1) is 0 Å². The molecule has 0 saturated carbocycles. The molecular weight excluding hydrogens is 568 g/mol. The van der Waals surface area contributed by atoms with Crippen LogP contribution in [0, 0.1) is 0 Å². The number of fused-ring (bicyclic) bond motifs is 3. The fourth-order valence-electron chi connectivity index (χ4n) is 8.76. The first-order valence-corrected chi connectivity index (χ1v) is 17.8. The van der Waals surface area contributed by atoms with Crippen molar-refractivity contribution < 1.29 is 10.2 Å². The van der Waals surface area contributed by atoms with Crippen LogP contribution in [0.1, 0.15) is 113 Å². The summed E-state index contributed by atoms with van der Waals surface area (Å²) in [6, 6.07) is -0.0878. The molecular formula is C40H52N4O2. The Kier molecular flexibility index (Phi) is 9.06. The summed E-state index contributed by atoms with van der Waals surface area (Å²) in [6.07, 6.45) is 16.5. The third-order valence-corrected chi connectivity index (χ3v) is 10.7. The van der Waals surface area contributed by atoms with Crippen LogP contribution >= 0.6 is 0 Å². The van der Waals surface area contributed by atoms with Crippen molar-refractivity contribution in [2.75, 3.05) is 13.2 Å². The molecule has 3 aromatic heterocycles. The number of nitrogens with zero attached hydrogens (tertiary/aromatic N) is 3. The third kappa shape index (κ3) is 4.63. The lowest BCUT2D eigenvalue weighted by Gasteiger charge is -2.18. The summed E-state index contributed by atoms with van der Waals surface area (Å²) < 4.78 is 4.53. The molecule has 3 aliphatic rings. The Morgan fingerprint density at radius 2 is 1.11 bits per heavy atom. The van der Waals surface area contributed by atoms with E-state index in [4.69, 9.17) is 4.99 Å². The quantitative estimate of drug-likeness (QED) is 0.316. The standard InChI is InChI=1S/C40H52N4O2/c1-9-23-25(11-3)33-18-35-27(13-5)29(15-7)37-20-38-30(16-8)28(14-6)36(44(38)40(22-46)39(21-45)43(35)37)19-34-26(12-4)24(10-2)32(42-34)17-31(23)41-33/h17-20,33,42,45-46H,9-16,21-22H2,1-8H3/b32-17?,34-19?,35-18-. The van der Waals surface area contributed by atoms with Gasteiger partial charge in [0.2, 0.25) is 0 Å². The zero-order valence-electron chi connectivity index (χ0n) is 29.2. The average molecular weight is 621 g/mol. The van der Waals surface area contributed by atoms with Crippen LogP contribution in [0.5, 0.6) is 0 Å². The van der Waals surface area contributed by atoms with E-state index in [0.717, 1.165) is 101 Å². The summed E-state index contributed by atoms with van der Waals surface area (Å²) in [4.78, 5) is 9.31. The average Bonchev–Trinajstić information content (AvgIpc) is 3.73. The van der Waals surface area contributed by atoms with E-state index in [9.17, 15) is 10.2 Å². The van der Waals surface area contributed by atoms with Crippen LogP contribution in [0.15, 0.2) is 16.1 Å². The lowest BCUT2D eigenvalue weighted by molar-refractivity contribution is 0.331. The molecule has 0 aliphatic carbocycles. The van der Waals surface area contributed by atoms with Gasteiger partial charge in [-0.1, -0.05) is 55.4 Å². The number of hydrogen-bond acceptors (Lipinski definition) is 3. The van der Waals surface area contributed by atoms with Crippen molar-refractivity contribution in [1.82, 2.24) is 14.1 Å². The van der Waals surface area contributed by atoms with Gasteiger partial charge in [-0.3, -0.25) is 4.99 Å². The molecule has 0 radical (unpaired) electrons. The first-order chi connectivity index (χ1) is 22.4. The van der Waals surface area contributed by atoms with E-state index in [1.807, 2.05) is 0 Å². The van der Waals surface area contributed by atoms with Crippen LogP contribution in [0.3, 0.4) is 0 Å². The normalized spacial score (nSPS) is 17.7. The van der Waals surface area contributed by atoms with E-state index in [0.29, 0.717) is 0 Å². The maximum absolute atomic E-state index is 11.2. The summed E-state index contributed by atoms with van der Waals surface area (Å²) in [5.41, 5.74) is 15.4. The smallest absolute Gasteiger partial charge is 0.0927 e. The molecule has 0 spiro atoms. The number of aliphatic hydroxyl groups excluding tert-OH is 2. The van der Waals surface area contributed by atoms with Gasteiger partial charge in [0, 0.05) is 16.0 Å². The van der Waals surface area contributed by atoms with E-state index >= 15 is 0 Å². The van der Waals surface area contributed by atoms with Crippen LogP contribution < -0.4 is 21.4 Å². The molecule has 1 atom stereocenters. The molecule has 0 saturated heterocycles. The second-order valence-electron chi connectivity index (χ2n) is 12.6. The number of allylic oxidation sites excluding steroid dienone is 1. The van der Waals surface area contributed by atoms with Crippen LogP contribution in [0.4, 0.5) is 0 Å². The largest absolute Gasteiger partial charge is 0.390 e. The lowest BCUT2D eigenvalue weighted by Crippen LogP contribution is -2.31. The molecule has 0 aromatic carbocycles. The van der Waals surface area contributed by atoms with E-state index < -0.39 is 0 Å². The highest BCUT2D eigenvalue weighted by Gasteiger charge is 2.30. The van der Waals surface area contributed by atoms with E-state index in [1.54, 1.807) is 0 Å². The Hall–Kier alpha value is -3.61. The fourth-order valence-corrected chi connectivity index (χ4v) is 8.76. The monoisotopic (exact) mass is 620 g/mol. The van der Waals surface area contributed by atoms with Gasteiger partial charge in [0.15, 0.2) is 0 Å². The van der Waals surface area contributed by atoms with E-state index in [2.05, 4.69) is 93.8 Å². The van der Waals surface area contributed by atoms with Crippen molar-refractivity contribution in [1.29, 1.82) is 0 Å². The second kappa shape index (κ2) is 12.9. The minimum Gasteiger partial charge on any atom is -0.390 e. The maximum atomic E-state index is 11.2. The number of aliphatic imine (C=N–C) groups is 1. The van der Waals surface area contributed by atoms with Crippen molar-refractivity contribution in [2.45, 2.75) is 113 Å². The Morgan fingerprint density at radius 1 is 0.587 bits per heavy atom. The summed E-state index contributed by atoms with van der Waals surface area (Å²) >= 11 is 0. The first kappa shape index (κ1) is 32.3. The molecule has 1 unspecified atom stereocenters. The lowest BCUT2D eigenvalue weighted by atomic mass is 9.96. The van der Waals surface area contributed by atoms with Gasteiger partial charge in [-0.05, 0) is 120 Å². The molecule has 46 heavy (non-hydrogen) atoms. The van der Waals surface area contributed by atoms with E-state index in [-0.39, 0.29) is 19.3 Å². The molecule has 0 fully saturated rings. The van der Waals surface area contributed by atoms with Gasteiger partial charge in [-0.25, -0.2) is 0 Å². The summed E-state index contributed by atoms with van der Waals surface area (Å²) in [5, 5.41) is 27.0. The highest BCUT2D eigenvalue weighted by atomic mass is 16.3. The molecule has 6 nitrogen and oxygen atoms in total. The number of aliphatic hydroxyl groups is 2. The van der Waals surface area contributed by atoms with Crippen molar-refractivity contribution >= 4 is 41.4 Å². The summed E-state index contributed by atoms with van der Waals surface area (Å²) in [5.74, 6) is 0. The molecule has 6 heterocycles. The summed E-state index contributed by atoms with van der Waals surface area (Å²) in [6.45, 7) is 17.5. The van der Waals surface area contributed by atoms with Crippen molar-refractivity contribution in [2.24, 2.45) is 4.99 Å². The molecule has 3 aromatic rings. The highest BCUT2D eigenvalue weighted by Crippen LogP contribution is 2.34. The molecule has 6 bridgehead atoms. The molecule has 244 valence electrons. The first-order valence-electron chi connectivity index (χ1n) is 17.8. The van der Waals surface area contributed by atoms with Gasteiger partial charge < -0.3 is 24.3 Å². The van der Waals surface area contributed by atoms with Gasteiger partial charge >= 0.3 is 0 Å². The molecule has 6 heteroatoms. The number of hydrogen-bond donors (Lipinski definition) is 3. The van der Waals surface area contributed by atoms with Crippen molar-refractivity contribution in [3.8, 4) is 0 Å². The number of nitrogens with one attached hydrogen (secondary N) is 1. The number of aromatic amines is 1. The number of H-pyrrole nitrogens is 1. The molecule has 3 N–H and O–H groups in total. The van der Waals surface area contributed by atoms with Crippen molar-refractivity contribution in [3.63, 3.8) is 0 Å². The second-order valence-corrected chi connectivity index (χ2v) is 12.6. The Balaban J connectivity index is 1.95. The third-order valence-electron chi connectivity index (χ3n) is 10.7. The minimum absolute atomic E-state index is 0.0878. The summed E-state index contributed by atoms with van der Waals surface area (Å²) in [7, 11) is 0. The van der Waals surface area contributed by atoms with Gasteiger partial charge in [0.25, 0.3) is 0 Å². The molecule has 3 aliphatic heterocycles. The van der Waals surface area contributed by atoms with E-state index in [1.165, 1.54) is 44.5 Å². The van der Waals surface area contributed by atoms with Gasteiger partial charge in [0.05, 0.1) is 53.1 Å². The van der Waals surface area contributed by atoms with Crippen LogP contribution in [0.2, 0.25) is 0 Å². The topological polar surface area (TPSA) is 78.5 Å². The van der Waals surface area contributed by atoms with Gasteiger partial charge in [-0.2, -0.15) is 0 Å². The number of rotatable bonds is 10. The Bertz CT molecular complexity index is 2050. The Morgan fingerprint density at radius 3 is 1.63 bits per heavy atom. The molecule has 0 amide bonds. The zero-order chi connectivity index (χ0) is 32.9. The van der Waals surface area contributed by atoms with Gasteiger partial charge in [0.1, 0.15) is 0 Å². The predicted octanol–water partition coefficient (Wildman–Crippen LogP) is 4.29. The SMILES string of the molecule is CCC1=C(CC)C2/C=c3/c(CC)c(CC)c4n3C(CO)=C(CO)n3c(c(CC)c(CC)c3C=4)C=c3[nH]c(c(CC)c3CC)=CC1=N2. The van der Waals surface area contributed by atoms with Crippen LogP contribution in [0.25, 0.3) is 35.7 Å². The number of aromatic nitrogens is 3. The van der Waals surface area contributed by atoms with Crippen LogP contribution in [-0.4, -0.2) is 49.3 Å². The molecule has 6 rings (SSSR count). The Labute approximate surface area is 273 Å². The predicted molar refractivity (Wildman–Crippen MR) is 193 cm³/mol. The zero-order valence-corrected chi connectivity index (χ0v) is 29.2. The maximum Gasteiger partial charge on any atom is 0.0927 e. The highest BCUT2D eigenvalue weighted by molar-refractivity contribution is 6.22. The minimum atomic E-state index is -0.186. The van der Waals surface area contributed by atoms with Crippen molar-refractivity contribution in [3.05, 3.63) is 77.3 Å². The van der Waals surface area contributed by atoms with Crippen LogP contribution in [-0.2, 0) is 38.5 Å².